The number of rotatable bonds is 5. The summed E-state index contributed by atoms with van der Waals surface area (Å²) in [6.45, 7) is 4.51. The molecule has 1 atom stereocenters. The van der Waals surface area contributed by atoms with Crippen molar-refractivity contribution < 1.29 is 14.3 Å². The molecule has 0 spiro atoms. The van der Waals surface area contributed by atoms with Crippen LogP contribution in [0.2, 0.25) is 0 Å². The quantitative estimate of drug-likeness (QED) is 0.739. The number of piperazine rings is 1. The van der Waals surface area contributed by atoms with Gasteiger partial charge in [0.1, 0.15) is 0 Å². The molecule has 2 amide bonds. The second-order valence-electron chi connectivity index (χ2n) is 7.85. The summed E-state index contributed by atoms with van der Waals surface area (Å²) >= 11 is 0. The number of nitrogens with zero attached hydrogens (tertiary/aromatic N) is 6. The molecular formula is C20H27N7O3. The van der Waals surface area contributed by atoms with Crippen molar-refractivity contribution in [2.24, 2.45) is 5.92 Å². The monoisotopic (exact) mass is 413 g/mol. The van der Waals surface area contributed by atoms with Crippen molar-refractivity contribution in [1.82, 2.24) is 35.1 Å². The number of aromatic nitrogens is 4. The molecule has 2 aromatic rings. The molecule has 1 unspecified atom stereocenters. The number of ether oxygens (including phenoxy) is 1. The first-order valence-corrected chi connectivity index (χ1v) is 10.2. The Hall–Kier alpha value is -3.01. The molecule has 10 heteroatoms. The lowest BCUT2D eigenvalue weighted by Gasteiger charge is -2.32. The van der Waals surface area contributed by atoms with Gasteiger partial charge in [-0.1, -0.05) is 0 Å². The van der Waals surface area contributed by atoms with Crippen LogP contribution < -0.4 is 10.1 Å². The summed E-state index contributed by atoms with van der Waals surface area (Å²) in [5.41, 5.74) is 1.91. The van der Waals surface area contributed by atoms with Gasteiger partial charge in [0.05, 0.1) is 24.6 Å². The van der Waals surface area contributed by atoms with E-state index in [9.17, 15) is 9.59 Å². The first-order valence-electron chi connectivity index (χ1n) is 10.2. The van der Waals surface area contributed by atoms with Crippen LogP contribution >= 0.6 is 0 Å². The van der Waals surface area contributed by atoms with Crippen LogP contribution in [-0.4, -0.2) is 88.5 Å². The maximum absolute atomic E-state index is 13.0. The average Bonchev–Trinajstić information content (AvgIpc) is 3.21. The normalized spacial score (nSPS) is 19.3. The SMILES string of the molecule is COc1ccc(C(=O)NCC2CCn3ncc(C(=O)N4CCN(C)CC4)c3C2)nn1. The Balaban J connectivity index is 1.36. The third-order valence-corrected chi connectivity index (χ3v) is 5.83. The highest BCUT2D eigenvalue weighted by Gasteiger charge is 2.29. The maximum atomic E-state index is 13.0. The zero-order chi connectivity index (χ0) is 21.1. The van der Waals surface area contributed by atoms with Crippen molar-refractivity contribution >= 4 is 11.8 Å². The smallest absolute Gasteiger partial charge is 0.271 e. The van der Waals surface area contributed by atoms with Gasteiger partial charge in [-0.3, -0.25) is 14.3 Å². The lowest BCUT2D eigenvalue weighted by molar-refractivity contribution is 0.0661. The van der Waals surface area contributed by atoms with Crippen LogP contribution in [0.15, 0.2) is 18.3 Å². The highest BCUT2D eigenvalue weighted by molar-refractivity contribution is 5.95. The van der Waals surface area contributed by atoms with Crippen LogP contribution in [-0.2, 0) is 13.0 Å². The molecule has 2 aromatic heterocycles. The molecule has 1 N–H and O–H groups in total. The zero-order valence-electron chi connectivity index (χ0n) is 17.4. The second kappa shape index (κ2) is 8.78. The van der Waals surface area contributed by atoms with Gasteiger partial charge in [-0.05, 0) is 31.9 Å². The molecule has 30 heavy (non-hydrogen) atoms. The largest absolute Gasteiger partial charge is 0.480 e. The van der Waals surface area contributed by atoms with E-state index in [0.717, 1.165) is 44.8 Å². The third kappa shape index (κ3) is 4.28. The summed E-state index contributed by atoms with van der Waals surface area (Å²) in [4.78, 5) is 29.5. The van der Waals surface area contributed by atoms with Gasteiger partial charge in [-0.2, -0.15) is 5.10 Å². The molecule has 0 bridgehead atoms. The average molecular weight is 413 g/mol. The number of carbonyl (C=O) groups excluding carboxylic acids is 2. The lowest BCUT2D eigenvalue weighted by atomic mass is 9.94. The molecule has 160 valence electrons. The van der Waals surface area contributed by atoms with Gasteiger partial charge < -0.3 is 19.9 Å². The Labute approximate surface area is 175 Å². The van der Waals surface area contributed by atoms with E-state index in [1.165, 1.54) is 7.11 Å². The summed E-state index contributed by atoms with van der Waals surface area (Å²) in [5, 5.41) is 15.1. The first kappa shape index (κ1) is 20.3. The Bertz CT molecular complexity index is 904. The first-order chi connectivity index (χ1) is 14.5. The fraction of sp³-hybridized carbons (Fsp3) is 0.550. The van der Waals surface area contributed by atoms with E-state index in [1.807, 2.05) is 9.58 Å². The number of methoxy groups -OCH3 is 1. The molecule has 0 saturated carbocycles. The van der Waals surface area contributed by atoms with Crippen LogP contribution in [0.1, 0.15) is 33.0 Å². The number of fused-ring (bicyclic) bond motifs is 1. The summed E-state index contributed by atoms with van der Waals surface area (Å²) in [6, 6.07) is 3.20. The summed E-state index contributed by atoms with van der Waals surface area (Å²) in [6.07, 6.45) is 3.30. The minimum atomic E-state index is -0.266. The predicted molar refractivity (Wildman–Crippen MR) is 108 cm³/mol. The van der Waals surface area contributed by atoms with Gasteiger partial charge in [0, 0.05) is 45.3 Å². The summed E-state index contributed by atoms with van der Waals surface area (Å²) in [5.74, 6) is 0.397. The second-order valence-corrected chi connectivity index (χ2v) is 7.85. The van der Waals surface area contributed by atoms with Gasteiger partial charge in [0.2, 0.25) is 5.88 Å². The molecule has 4 heterocycles. The van der Waals surface area contributed by atoms with E-state index in [1.54, 1.807) is 18.3 Å². The fourth-order valence-corrected chi connectivity index (χ4v) is 3.91. The Morgan fingerprint density at radius 2 is 1.97 bits per heavy atom. The van der Waals surface area contributed by atoms with Gasteiger partial charge in [-0.25, -0.2) is 0 Å². The Morgan fingerprint density at radius 1 is 1.17 bits per heavy atom. The fourth-order valence-electron chi connectivity index (χ4n) is 3.91. The standard InChI is InChI=1S/C20H27N7O3/c1-25-7-9-26(10-8-25)20(29)15-13-22-27-6-5-14(11-17(15)27)12-21-19(28)16-3-4-18(30-2)24-23-16/h3-4,13-14H,5-12H2,1-2H3,(H,21,28). The number of aryl methyl sites for hydroxylation is 1. The number of nitrogens with one attached hydrogen (secondary N) is 1. The van der Waals surface area contributed by atoms with E-state index >= 15 is 0 Å². The number of amides is 2. The third-order valence-electron chi connectivity index (χ3n) is 5.83. The van der Waals surface area contributed by atoms with Crippen LogP contribution in [0.5, 0.6) is 5.88 Å². The molecule has 1 fully saturated rings. The highest BCUT2D eigenvalue weighted by Crippen LogP contribution is 2.24. The van der Waals surface area contributed by atoms with Crippen molar-refractivity contribution in [3.05, 3.63) is 35.3 Å². The summed E-state index contributed by atoms with van der Waals surface area (Å²) < 4.78 is 6.89. The van der Waals surface area contributed by atoms with Gasteiger partial charge in [0.15, 0.2) is 5.69 Å². The molecule has 2 aliphatic heterocycles. The number of carbonyl (C=O) groups is 2. The zero-order valence-corrected chi connectivity index (χ0v) is 17.4. The van der Waals surface area contributed by atoms with Crippen molar-refractivity contribution in [2.75, 3.05) is 46.9 Å². The maximum Gasteiger partial charge on any atom is 0.271 e. The Kier molecular flexibility index (Phi) is 5.93. The molecule has 0 aliphatic carbocycles. The lowest BCUT2D eigenvalue weighted by Crippen LogP contribution is -2.47. The van der Waals surface area contributed by atoms with Crippen molar-refractivity contribution in [1.29, 1.82) is 0 Å². The van der Waals surface area contributed by atoms with Gasteiger partial charge in [-0.15, -0.1) is 10.2 Å². The van der Waals surface area contributed by atoms with E-state index in [-0.39, 0.29) is 23.4 Å². The number of hydrogen-bond acceptors (Lipinski definition) is 7. The van der Waals surface area contributed by atoms with Gasteiger partial charge >= 0.3 is 0 Å². The Morgan fingerprint density at radius 3 is 2.67 bits per heavy atom. The minimum absolute atomic E-state index is 0.0579. The van der Waals surface area contributed by atoms with Crippen molar-refractivity contribution in [2.45, 2.75) is 19.4 Å². The van der Waals surface area contributed by atoms with E-state index < -0.39 is 0 Å². The molecule has 0 radical (unpaired) electrons. The molecule has 10 nitrogen and oxygen atoms in total. The van der Waals surface area contributed by atoms with Crippen LogP contribution in [0.3, 0.4) is 0 Å². The minimum Gasteiger partial charge on any atom is -0.480 e. The topological polar surface area (TPSA) is 105 Å². The molecular weight excluding hydrogens is 386 g/mol. The van der Waals surface area contributed by atoms with E-state index in [4.69, 9.17) is 4.74 Å². The summed E-state index contributed by atoms with van der Waals surface area (Å²) in [7, 11) is 3.57. The molecule has 0 aromatic carbocycles. The van der Waals surface area contributed by atoms with E-state index in [0.29, 0.717) is 24.4 Å². The van der Waals surface area contributed by atoms with E-state index in [2.05, 4.69) is 32.6 Å². The van der Waals surface area contributed by atoms with Crippen LogP contribution in [0.4, 0.5) is 0 Å². The van der Waals surface area contributed by atoms with Crippen molar-refractivity contribution in [3.63, 3.8) is 0 Å². The predicted octanol–water partition coefficient (Wildman–Crippen LogP) is 0.0617. The van der Waals surface area contributed by atoms with Crippen LogP contribution in [0, 0.1) is 5.92 Å². The molecule has 2 aliphatic rings. The number of likely N-dealkylation sites (N-methyl/N-ethyl adjacent to an activating group) is 1. The highest BCUT2D eigenvalue weighted by atomic mass is 16.5. The van der Waals surface area contributed by atoms with Crippen LogP contribution in [0.25, 0.3) is 0 Å². The van der Waals surface area contributed by atoms with Gasteiger partial charge in [0.25, 0.3) is 11.8 Å². The van der Waals surface area contributed by atoms with Crippen molar-refractivity contribution in [3.8, 4) is 5.88 Å². The number of hydrogen-bond donors (Lipinski definition) is 1. The molecule has 4 rings (SSSR count). The molecule has 1 saturated heterocycles.